The predicted octanol–water partition coefficient (Wildman–Crippen LogP) is 3.25. The quantitative estimate of drug-likeness (QED) is 0.682. The summed E-state index contributed by atoms with van der Waals surface area (Å²) in [5.74, 6) is -2.85. The summed E-state index contributed by atoms with van der Waals surface area (Å²) < 4.78 is 4.90. The largest absolute Gasteiger partial charge is 0.448 e. The fraction of sp³-hybridized carbons (Fsp3) is 0.143. The number of carbonyl (C=O) groups excluding carboxylic acids is 2. The first-order valence-corrected chi connectivity index (χ1v) is 6.79. The van der Waals surface area contributed by atoms with Gasteiger partial charge in [0.05, 0.1) is 6.07 Å². The van der Waals surface area contributed by atoms with Crippen LogP contribution in [-0.4, -0.2) is 16.7 Å². The number of Topliss-reactive ketones (excluding diaryl/α,β-unsaturated/α-hetero) is 1. The highest BCUT2D eigenvalue weighted by Crippen LogP contribution is 2.23. The Balaban J connectivity index is 2.21. The Bertz CT molecular complexity index is 760. The molecule has 1 aromatic carbocycles. The van der Waals surface area contributed by atoms with Gasteiger partial charge in [-0.15, -0.1) is 0 Å². The zero-order chi connectivity index (χ0) is 16.3. The highest BCUT2D eigenvalue weighted by molar-refractivity contribution is 6.35. The smallest absolute Gasteiger partial charge is 0.249 e. The molecule has 112 valence electrons. The molecule has 0 aliphatic heterocycles. The lowest BCUT2D eigenvalue weighted by molar-refractivity contribution is -0.117. The van der Waals surface area contributed by atoms with Crippen molar-refractivity contribution in [3.05, 3.63) is 46.1 Å². The van der Waals surface area contributed by atoms with E-state index in [2.05, 4.69) is 10.3 Å². The number of anilines is 1. The standard InChI is InChI=1S/C14H9Cl2N3O3/c1-7-12(18-6-22-7)13(20)11(5-17)14(21)19-10-3-8(15)2-9(16)4-10/h2-4,6,11H,1H3,(H,19,21). The van der Waals surface area contributed by atoms with E-state index in [1.54, 1.807) is 6.07 Å². The van der Waals surface area contributed by atoms with Crippen LogP contribution in [0.5, 0.6) is 0 Å². The number of nitriles is 1. The summed E-state index contributed by atoms with van der Waals surface area (Å²) in [5, 5.41) is 12.2. The average molecular weight is 338 g/mol. The molecule has 1 atom stereocenters. The summed E-state index contributed by atoms with van der Waals surface area (Å²) >= 11 is 11.6. The number of amides is 1. The van der Waals surface area contributed by atoms with E-state index >= 15 is 0 Å². The molecule has 0 fully saturated rings. The van der Waals surface area contributed by atoms with Crippen LogP contribution in [-0.2, 0) is 4.79 Å². The van der Waals surface area contributed by atoms with Crippen molar-refractivity contribution in [3.8, 4) is 6.07 Å². The maximum Gasteiger partial charge on any atom is 0.249 e. The number of ketones is 1. The Labute approximate surface area is 135 Å². The van der Waals surface area contributed by atoms with Gasteiger partial charge in [0.2, 0.25) is 11.7 Å². The summed E-state index contributed by atoms with van der Waals surface area (Å²) in [6.07, 6.45) is 1.08. The van der Waals surface area contributed by atoms with Crippen LogP contribution >= 0.6 is 23.2 Å². The second kappa shape index (κ2) is 6.60. The van der Waals surface area contributed by atoms with E-state index in [9.17, 15) is 9.59 Å². The Kier molecular flexibility index (Phi) is 4.81. The van der Waals surface area contributed by atoms with Crippen LogP contribution in [0.1, 0.15) is 16.2 Å². The Morgan fingerprint density at radius 2 is 1.95 bits per heavy atom. The number of benzene rings is 1. The van der Waals surface area contributed by atoms with E-state index in [1.165, 1.54) is 25.1 Å². The van der Waals surface area contributed by atoms with Crippen LogP contribution in [0.25, 0.3) is 0 Å². The van der Waals surface area contributed by atoms with Crippen LogP contribution in [0.2, 0.25) is 10.0 Å². The third-order valence-electron chi connectivity index (χ3n) is 2.76. The fourth-order valence-corrected chi connectivity index (χ4v) is 2.28. The molecule has 0 aliphatic rings. The number of rotatable bonds is 4. The van der Waals surface area contributed by atoms with Crippen molar-refractivity contribution in [2.75, 3.05) is 5.32 Å². The summed E-state index contributed by atoms with van der Waals surface area (Å²) in [4.78, 5) is 28.0. The van der Waals surface area contributed by atoms with E-state index in [0.29, 0.717) is 10.0 Å². The summed E-state index contributed by atoms with van der Waals surface area (Å²) in [6.45, 7) is 1.52. The molecule has 22 heavy (non-hydrogen) atoms. The number of oxazole rings is 1. The molecule has 0 bridgehead atoms. The summed E-state index contributed by atoms with van der Waals surface area (Å²) in [7, 11) is 0. The Morgan fingerprint density at radius 1 is 1.32 bits per heavy atom. The van der Waals surface area contributed by atoms with Crippen molar-refractivity contribution in [2.45, 2.75) is 6.92 Å². The van der Waals surface area contributed by atoms with E-state index in [4.69, 9.17) is 32.9 Å². The SMILES string of the molecule is Cc1ocnc1C(=O)C(C#N)C(=O)Nc1cc(Cl)cc(Cl)c1. The Hall–Kier alpha value is -2.36. The second-order valence-corrected chi connectivity index (χ2v) is 5.20. The normalized spacial score (nSPS) is 11.5. The lowest BCUT2D eigenvalue weighted by Crippen LogP contribution is -2.29. The number of nitrogens with zero attached hydrogens (tertiary/aromatic N) is 2. The van der Waals surface area contributed by atoms with E-state index < -0.39 is 17.6 Å². The highest BCUT2D eigenvalue weighted by Gasteiger charge is 2.30. The van der Waals surface area contributed by atoms with Crippen molar-refractivity contribution in [1.29, 1.82) is 5.26 Å². The predicted molar refractivity (Wildman–Crippen MR) is 79.8 cm³/mol. The number of aryl methyl sites for hydroxylation is 1. The molecular formula is C14H9Cl2N3O3. The molecule has 1 aromatic heterocycles. The van der Waals surface area contributed by atoms with Crippen molar-refractivity contribution < 1.29 is 14.0 Å². The average Bonchev–Trinajstić information content (AvgIpc) is 2.84. The van der Waals surface area contributed by atoms with E-state index in [0.717, 1.165) is 6.39 Å². The van der Waals surface area contributed by atoms with Crippen LogP contribution in [0.15, 0.2) is 29.0 Å². The molecule has 1 unspecified atom stereocenters. The number of aromatic nitrogens is 1. The van der Waals surface area contributed by atoms with Crippen molar-refractivity contribution >= 4 is 40.6 Å². The van der Waals surface area contributed by atoms with Crippen LogP contribution in [0.3, 0.4) is 0 Å². The van der Waals surface area contributed by atoms with Gasteiger partial charge in [-0.3, -0.25) is 9.59 Å². The maximum atomic E-state index is 12.2. The molecule has 1 heterocycles. The number of hydrogen-bond donors (Lipinski definition) is 1. The van der Waals surface area contributed by atoms with E-state index in [-0.39, 0.29) is 17.1 Å². The second-order valence-electron chi connectivity index (χ2n) is 4.33. The lowest BCUT2D eigenvalue weighted by Gasteiger charge is -2.09. The number of halogens is 2. The maximum absolute atomic E-state index is 12.2. The van der Waals surface area contributed by atoms with Crippen LogP contribution < -0.4 is 5.32 Å². The third-order valence-corrected chi connectivity index (χ3v) is 3.20. The lowest BCUT2D eigenvalue weighted by atomic mass is 10.0. The van der Waals surface area contributed by atoms with Gasteiger partial charge in [0.15, 0.2) is 12.3 Å². The van der Waals surface area contributed by atoms with Crippen LogP contribution in [0.4, 0.5) is 5.69 Å². The molecule has 0 radical (unpaired) electrons. The molecule has 1 N–H and O–H groups in total. The monoisotopic (exact) mass is 337 g/mol. The molecule has 6 nitrogen and oxygen atoms in total. The molecule has 0 aliphatic carbocycles. The first kappa shape index (κ1) is 16.0. The van der Waals surface area contributed by atoms with Crippen molar-refractivity contribution in [2.24, 2.45) is 5.92 Å². The molecule has 2 rings (SSSR count). The van der Waals surface area contributed by atoms with Gasteiger partial charge in [0.1, 0.15) is 11.5 Å². The van der Waals surface area contributed by atoms with Gasteiger partial charge in [0.25, 0.3) is 0 Å². The Morgan fingerprint density at radius 3 is 2.45 bits per heavy atom. The summed E-state index contributed by atoms with van der Waals surface area (Å²) in [5.41, 5.74) is 0.234. The minimum Gasteiger partial charge on any atom is -0.448 e. The molecular weight excluding hydrogens is 329 g/mol. The minimum atomic E-state index is -1.55. The molecule has 0 spiro atoms. The molecule has 8 heteroatoms. The number of hydrogen-bond acceptors (Lipinski definition) is 5. The minimum absolute atomic E-state index is 0.0502. The molecule has 1 amide bonds. The topological polar surface area (TPSA) is 96.0 Å². The van der Waals surface area contributed by atoms with Gasteiger partial charge in [-0.2, -0.15) is 5.26 Å². The van der Waals surface area contributed by atoms with Crippen molar-refractivity contribution in [3.63, 3.8) is 0 Å². The van der Waals surface area contributed by atoms with Crippen molar-refractivity contribution in [1.82, 2.24) is 4.98 Å². The fourth-order valence-electron chi connectivity index (χ4n) is 1.76. The van der Waals surface area contributed by atoms with Gasteiger partial charge in [-0.25, -0.2) is 4.98 Å². The van der Waals surface area contributed by atoms with Gasteiger partial charge in [-0.1, -0.05) is 23.2 Å². The van der Waals surface area contributed by atoms with Crippen LogP contribution in [0, 0.1) is 24.2 Å². The van der Waals surface area contributed by atoms with Gasteiger partial charge in [0, 0.05) is 15.7 Å². The molecule has 0 saturated carbocycles. The third kappa shape index (κ3) is 3.45. The zero-order valence-corrected chi connectivity index (χ0v) is 12.8. The molecule has 2 aromatic rings. The number of nitrogens with one attached hydrogen (secondary N) is 1. The number of carbonyl (C=O) groups is 2. The van der Waals surface area contributed by atoms with Gasteiger partial charge < -0.3 is 9.73 Å². The molecule has 0 saturated heterocycles. The zero-order valence-electron chi connectivity index (χ0n) is 11.3. The highest BCUT2D eigenvalue weighted by atomic mass is 35.5. The van der Waals surface area contributed by atoms with Gasteiger partial charge >= 0.3 is 0 Å². The first-order valence-electron chi connectivity index (χ1n) is 6.03. The first-order chi connectivity index (χ1) is 10.4. The van der Waals surface area contributed by atoms with E-state index in [1.807, 2.05) is 0 Å². The van der Waals surface area contributed by atoms with Gasteiger partial charge in [-0.05, 0) is 25.1 Å². The summed E-state index contributed by atoms with van der Waals surface area (Å²) in [6, 6.07) is 6.05.